The highest BCUT2D eigenvalue weighted by Gasteiger charge is 2.19. The molecule has 0 radical (unpaired) electrons. The minimum Gasteiger partial charge on any atom is -0.508 e. The first kappa shape index (κ1) is 21.6. The Morgan fingerprint density at radius 3 is 2.60 bits per heavy atom. The molecule has 0 aliphatic carbocycles. The fourth-order valence-electron chi connectivity index (χ4n) is 3.76. The highest BCUT2D eigenvalue weighted by atomic mass is 16.3. The van der Waals surface area contributed by atoms with Gasteiger partial charge in [0, 0.05) is 31.3 Å². The molecule has 1 aromatic carbocycles. The molecule has 0 saturated carbocycles. The van der Waals surface area contributed by atoms with Gasteiger partial charge in [-0.1, -0.05) is 26.0 Å². The minimum atomic E-state index is -0.260. The first-order chi connectivity index (χ1) is 14.3. The number of amides is 1. The van der Waals surface area contributed by atoms with Crippen LogP contribution in [-0.4, -0.2) is 25.1 Å². The van der Waals surface area contributed by atoms with Crippen LogP contribution in [0.1, 0.15) is 51.2 Å². The molecule has 30 heavy (non-hydrogen) atoms. The predicted octanol–water partition coefficient (Wildman–Crippen LogP) is 3.53. The topological polar surface area (TPSA) is 89.2 Å². The van der Waals surface area contributed by atoms with E-state index in [0.717, 1.165) is 23.4 Å². The van der Waals surface area contributed by atoms with Crippen molar-refractivity contribution in [2.24, 2.45) is 5.92 Å². The number of rotatable bonds is 8. The molecule has 0 bridgehead atoms. The maximum Gasteiger partial charge on any atom is 0.254 e. The summed E-state index contributed by atoms with van der Waals surface area (Å²) in [5, 5.41) is 12.5. The summed E-state index contributed by atoms with van der Waals surface area (Å²) in [5.74, 6) is 1.19. The molecule has 7 nitrogen and oxygen atoms in total. The molecular formula is C23H30N4O3. The van der Waals surface area contributed by atoms with Crippen LogP contribution in [-0.2, 0) is 17.9 Å². The smallest absolute Gasteiger partial charge is 0.254 e. The Labute approximate surface area is 176 Å². The van der Waals surface area contributed by atoms with Gasteiger partial charge < -0.3 is 19.6 Å². The van der Waals surface area contributed by atoms with E-state index >= 15 is 0 Å². The highest BCUT2D eigenvalue weighted by Crippen LogP contribution is 2.22. The molecule has 7 heteroatoms. The number of benzene rings is 1. The first-order valence-corrected chi connectivity index (χ1v) is 10.4. The van der Waals surface area contributed by atoms with E-state index in [0.29, 0.717) is 31.0 Å². The molecule has 3 aromatic rings. The van der Waals surface area contributed by atoms with Gasteiger partial charge in [-0.2, -0.15) is 0 Å². The van der Waals surface area contributed by atoms with Crippen molar-refractivity contribution in [2.45, 2.75) is 59.7 Å². The van der Waals surface area contributed by atoms with Crippen LogP contribution in [0.25, 0.3) is 11.0 Å². The Kier molecular flexibility index (Phi) is 6.59. The van der Waals surface area contributed by atoms with Gasteiger partial charge in [-0.3, -0.25) is 9.59 Å². The molecule has 0 aliphatic heterocycles. The molecule has 2 heterocycles. The molecule has 1 atom stereocenters. The SMILES string of the molecule is Cc1cc(O)cc(=O)n1CCCC(=O)NC(C)c1nc2ccccc2n1CC(C)C. The zero-order valence-electron chi connectivity index (χ0n) is 18.1. The molecule has 0 fully saturated rings. The number of nitrogens with one attached hydrogen (secondary N) is 1. The average Bonchev–Trinajstić information content (AvgIpc) is 3.02. The molecule has 160 valence electrons. The second-order valence-corrected chi connectivity index (χ2v) is 8.20. The van der Waals surface area contributed by atoms with Gasteiger partial charge in [0.2, 0.25) is 5.91 Å². The van der Waals surface area contributed by atoms with Crippen LogP contribution in [0.4, 0.5) is 0 Å². The van der Waals surface area contributed by atoms with Crippen molar-refractivity contribution < 1.29 is 9.90 Å². The Morgan fingerprint density at radius 1 is 1.17 bits per heavy atom. The number of hydrogen-bond acceptors (Lipinski definition) is 4. The summed E-state index contributed by atoms with van der Waals surface area (Å²) < 4.78 is 3.75. The standard InChI is InChI=1S/C23H30N4O3/c1-15(2)14-27-20-9-6-5-8-19(20)25-23(27)17(4)24-21(29)10-7-11-26-16(3)12-18(28)13-22(26)30/h5-6,8-9,12-13,15,17,28H,7,10-11,14H2,1-4H3,(H,24,29). The number of para-hydroxylation sites is 2. The van der Waals surface area contributed by atoms with Crippen LogP contribution in [0.15, 0.2) is 41.2 Å². The first-order valence-electron chi connectivity index (χ1n) is 10.4. The number of carbonyl (C=O) groups excluding carboxylic acids is 1. The molecule has 3 rings (SSSR count). The monoisotopic (exact) mass is 410 g/mol. The van der Waals surface area contributed by atoms with Gasteiger partial charge in [0.05, 0.1) is 17.1 Å². The lowest BCUT2D eigenvalue weighted by Crippen LogP contribution is -2.29. The Balaban J connectivity index is 1.65. The molecule has 1 unspecified atom stereocenters. The minimum absolute atomic E-state index is 0.0374. The van der Waals surface area contributed by atoms with E-state index in [2.05, 4.69) is 29.8 Å². The number of nitrogens with zero attached hydrogens (tertiary/aromatic N) is 3. The second kappa shape index (κ2) is 9.15. The predicted molar refractivity (Wildman–Crippen MR) is 117 cm³/mol. The molecule has 0 saturated heterocycles. The molecule has 2 N–H and O–H groups in total. The van der Waals surface area contributed by atoms with Crippen molar-refractivity contribution in [3.8, 4) is 5.75 Å². The van der Waals surface area contributed by atoms with Crippen LogP contribution in [0, 0.1) is 12.8 Å². The third kappa shape index (κ3) is 4.90. The van der Waals surface area contributed by atoms with Crippen LogP contribution in [0.3, 0.4) is 0 Å². The summed E-state index contributed by atoms with van der Waals surface area (Å²) in [4.78, 5) is 29.3. The van der Waals surface area contributed by atoms with E-state index in [-0.39, 0.29) is 23.3 Å². The molecule has 0 spiro atoms. The van der Waals surface area contributed by atoms with Crippen LogP contribution in [0.5, 0.6) is 5.75 Å². The lowest BCUT2D eigenvalue weighted by atomic mass is 10.2. The van der Waals surface area contributed by atoms with Gasteiger partial charge in [-0.25, -0.2) is 4.98 Å². The summed E-state index contributed by atoms with van der Waals surface area (Å²) in [6, 6.07) is 10.5. The van der Waals surface area contributed by atoms with Gasteiger partial charge in [0.25, 0.3) is 5.56 Å². The third-order valence-electron chi connectivity index (χ3n) is 5.10. The molecule has 0 aliphatic rings. The van der Waals surface area contributed by atoms with Gasteiger partial charge in [0.15, 0.2) is 0 Å². The van der Waals surface area contributed by atoms with Crippen molar-refractivity contribution in [1.29, 1.82) is 0 Å². The van der Waals surface area contributed by atoms with Crippen molar-refractivity contribution >= 4 is 16.9 Å². The maximum absolute atomic E-state index is 12.5. The van der Waals surface area contributed by atoms with E-state index in [1.807, 2.05) is 25.1 Å². The van der Waals surface area contributed by atoms with Crippen LogP contribution < -0.4 is 10.9 Å². The van der Waals surface area contributed by atoms with E-state index in [4.69, 9.17) is 4.98 Å². The molecule has 2 aromatic heterocycles. The zero-order chi connectivity index (χ0) is 21.8. The van der Waals surface area contributed by atoms with Crippen molar-refractivity contribution in [3.05, 3.63) is 58.3 Å². The highest BCUT2D eigenvalue weighted by molar-refractivity contribution is 5.78. The number of carbonyl (C=O) groups is 1. The lowest BCUT2D eigenvalue weighted by molar-refractivity contribution is -0.121. The average molecular weight is 411 g/mol. The molecule has 1 amide bonds. The summed E-state index contributed by atoms with van der Waals surface area (Å²) in [6.45, 7) is 9.30. The fraction of sp³-hybridized carbons (Fsp3) is 0.435. The Hall–Kier alpha value is -3.09. The van der Waals surface area contributed by atoms with Crippen molar-refractivity contribution in [3.63, 3.8) is 0 Å². The number of aromatic hydroxyl groups is 1. The largest absolute Gasteiger partial charge is 0.508 e. The van der Waals surface area contributed by atoms with Crippen LogP contribution >= 0.6 is 0 Å². The lowest BCUT2D eigenvalue weighted by Gasteiger charge is -2.18. The third-order valence-corrected chi connectivity index (χ3v) is 5.10. The van der Waals surface area contributed by atoms with Crippen molar-refractivity contribution in [2.75, 3.05) is 0 Å². The van der Waals surface area contributed by atoms with Crippen LogP contribution in [0.2, 0.25) is 0 Å². The normalized spacial score (nSPS) is 12.4. The summed E-state index contributed by atoms with van der Waals surface area (Å²) >= 11 is 0. The Morgan fingerprint density at radius 2 is 1.90 bits per heavy atom. The summed E-state index contributed by atoms with van der Waals surface area (Å²) in [5.41, 5.74) is 2.42. The maximum atomic E-state index is 12.5. The van der Waals surface area contributed by atoms with Gasteiger partial charge in [-0.05, 0) is 44.4 Å². The number of pyridine rings is 1. The summed E-state index contributed by atoms with van der Waals surface area (Å²) in [7, 11) is 0. The van der Waals surface area contributed by atoms with E-state index in [9.17, 15) is 14.7 Å². The number of aryl methyl sites for hydroxylation is 1. The zero-order valence-corrected chi connectivity index (χ0v) is 18.1. The van der Waals surface area contributed by atoms with Gasteiger partial charge in [-0.15, -0.1) is 0 Å². The number of fused-ring (bicyclic) bond motifs is 1. The number of imidazole rings is 1. The van der Waals surface area contributed by atoms with E-state index in [1.54, 1.807) is 17.6 Å². The number of hydrogen-bond donors (Lipinski definition) is 2. The number of aromatic nitrogens is 3. The second-order valence-electron chi connectivity index (χ2n) is 8.20. The van der Waals surface area contributed by atoms with E-state index in [1.165, 1.54) is 6.07 Å². The van der Waals surface area contributed by atoms with Gasteiger partial charge in [0.1, 0.15) is 11.6 Å². The summed E-state index contributed by atoms with van der Waals surface area (Å²) in [6.07, 6.45) is 0.841. The Bertz CT molecular complexity index is 1100. The van der Waals surface area contributed by atoms with E-state index < -0.39 is 0 Å². The fourth-order valence-corrected chi connectivity index (χ4v) is 3.76. The quantitative estimate of drug-likeness (QED) is 0.595. The molecular weight excluding hydrogens is 380 g/mol. The van der Waals surface area contributed by atoms with Gasteiger partial charge >= 0.3 is 0 Å². The van der Waals surface area contributed by atoms with Crippen molar-refractivity contribution in [1.82, 2.24) is 19.4 Å².